The second-order valence-corrected chi connectivity index (χ2v) is 5.66. The van der Waals surface area contributed by atoms with E-state index in [-0.39, 0.29) is 18.8 Å². The van der Waals surface area contributed by atoms with Crippen LogP contribution in [0.15, 0.2) is 30.3 Å². The lowest BCUT2D eigenvalue weighted by Gasteiger charge is -2.32. The Balaban J connectivity index is 1.70. The summed E-state index contributed by atoms with van der Waals surface area (Å²) in [6.45, 7) is 0.0409. The highest BCUT2D eigenvalue weighted by atomic mass is 16.8. The predicted octanol–water partition coefficient (Wildman–Crippen LogP) is 2.67. The average Bonchev–Trinajstić information content (AvgIpc) is 2.78. The fourth-order valence-corrected chi connectivity index (χ4v) is 3.23. The molecule has 2 aliphatic rings. The van der Waals surface area contributed by atoms with Crippen LogP contribution in [-0.4, -0.2) is 29.7 Å². The highest BCUT2D eigenvalue weighted by Gasteiger charge is 2.47. The summed E-state index contributed by atoms with van der Waals surface area (Å²) in [7, 11) is 0. The Morgan fingerprint density at radius 2 is 1.68 bits per heavy atom. The van der Waals surface area contributed by atoms with Crippen LogP contribution in [0.1, 0.15) is 37.7 Å². The van der Waals surface area contributed by atoms with Gasteiger partial charge in [0.25, 0.3) is 0 Å². The minimum absolute atomic E-state index is 0.0227. The van der Waals surface area contributed by atoms with Gasteiger partial charge in [-0.15, -0.1) is 0 Å². The molecule has 1 aromatic carbocycles. The summed E-state index contributed by atoms with van der Waals surface area (Å²) in [6.07, 6.45) is 6.13. The SMILES string of the molecule is OC[C@@H]1OC2(CCCCC2)O[C@H]1Cc1ccccc1. The number of ether oxygens (including phenoxy) is 2. The van der Waals surface area contributed by atoms with Gasteiger partial charge in [-0.25, -0.2) is 0 Å². The van der Waals surface area contributed by atoms with E-state index in [0.717, 1.165) is 32.1 Å². The molecule has 1 aromatic rings. The van der Waals surface area contributed by atoms with Crippen molar-refractivity contribution in [2.24, 2.45) is 0 Å². The van der Waals surface area contributed by atoms with Gasteiger partial charge in [0, 0.05) is 19.3 Å². The second-order valence-electron chi connectivity index (χ2n) is 5.66. The number of rotatable bonds is 3. The number of hydrogen-bond acceptors (Lipinski definition) is 3. The fraction of sp³-hybridized carbons (Fsp3) is 0.625. The first kappa shape index (κ1) is 13.1. The van der Waals surface area contributed by atoms with Crippen LogP contribution in [-0.2, 0) is 15.9 Å². The van der Waals surface area contributed by atoms with Crippen molar-refractivity contribution in [2.45, 2.75) is 56.5 Å². The Labute approximate surface area is 114 Å². The van der Waals surface area contributed by atoms with Gasteiger partial charge in [0.15, 0.2) is 5.79 Å². The molecule has 3 nitrogen and oxygen atoms in total. The topological polar surface area (TPSA) is 38.7 Å². The van der Waals surface area contributed by atoms with Gasteiger partial charge in [-0.1, -0.05) is 36.8 Å². The third-order valence-corrected chi connectivity index (χ3v) is 4.22. The van der Waals surface area contributed by atoms with Crippen LogP contribution < -0.4 is 0 Å². The molecular weight excluding hydrogens is 240 g/mol. The third-order valence-electron chi connectivity index (χ3n) is 4.22. The predicted molar refractivity (Wildman–Crippen MR) is 72.8 cm³/mol. The maximum Gasteiger partial charge on any atom is 0.169 e. The molecule has 1 N–H and O–H groups in total. The summed E-state index contributed by atoms with van der Waals surface area (Å²) in [5, 5.41) is 9.52. The Morgan fingerprint density at radius 1 is 1.00 bits per heavy atom. The van der Waals surface area contributed by atoms with Crippen molar-refractivity contribution in [2.75, 3.05) is 6.61 Å². The summed E-state index contributed by atoms with van der Waals surface area (Å²) in [4.78, 5) is 0. The van der Waals surface area contributed by atoms with E-state index in [4.69, 9.17) is 9.47 Å². The van der Waals surface area contributed by atoms with Crippen LogP contribution >= 0.6 is 0 Å². The van der Waals surface area contributed by atoms with E-state index in [0.29, 0.717) is 0 Å². The molecule has 3 heteroatoms. The van der Waals surface area contributed by atoms with Crippen molar-refractivity contribution < 1.29 is 14.6 Å². The molecule has 3 rings (SSSR count). The van der Waals surface area contributed by atoms with Gasteiger partial charge >= 0.3 is 0 Å². The minimum Gasteiger partial charge on any atom is -0.394 e. The van der Waals surface area contributed by atoms with E-state index in [1.165, 1.54) is 12.0 Å². The van der Waals surface area contributed by atoms with Crippen LogP contribution in [0.4, 0.5) is 0 Å². The lowest BCUT2D eigenvalue weighted by molar-refractivity contribution is -0.195. The zero-order valence-electron chi connectivity index (χ0n) is 11.3. The van der Waals surface area contributed by atoms with Crippen molar-refractivity contribution in [1.82, 2.24) is 0 Å². The first-order chi connectivity index (χ1) is 9.31. The van der Waals surface area contributed by atoms with E-state index in [2.05, 4.69) is 12.1 Å². The summed E-state index contributed by atoms with van der Waals surface area (Å²) in [5.41, 5.74) is 1.24. The Hall–Kier alpha value is -0.900. The summed E-state index contributed by atoms with van der Waals surface area (Å²) >= 11 is 0. The maximum atomic E-state index is 9.52. The largest absolute Gasteiger partial charge is 0.394 e. The van der Waals surface area contributed by atoms with E-state index in [1.807, 2.05) is 18.2 Å². The van der Waals surface area contributed by atoms with Crippen molar-refractivity contribution >= 4 is 0 Å². The van der Waals surface area contributed by atoms with E-state index in [9.17, 15) is 5.11 Å². The first-order valence-corrected chi connectivity index (χ1v) is 7.32. The van der Waals surface area contributed by atoms with Crippen molar-refractivity contribution in [3.63, 3.8) is 0 Å². The van der Waals surface area contributed by atoms with E-state index < -0.39 is 5.79 Å². The number of aliphatic hydroxyl groups excluding tert-OH is 1. The van der Waals surface area contributed by atoms with Crippen LogP contribution in [0.5, 0.6) is 0 Å². The van der Waals surface area contributed by atoms with Gasteiger partial charge in [-0.2, -0.15) is 0 Å². The first-order valence-electron chi connectivity index (χ1n) is 7.32. The van der Waals surface area contributed by atoms with Crippen molar-refractivity contribution in [3.05, 3.63) is 35.9 Å². The zero-order chi connectivity index (χ0) is 13.1. The number of hydrogen-bond donors (Lipinski definition) is 1. The molecule has 19 heavy (non-hydrogen) atoms. The zero-order valence-corrected chi connectivity index (χ0v) is 11.3. The third kappa shape index (κ3) is 2.83. The molecular formula is C16H22O3. The van der Waals surface area contributed by atoms with Gasteiger partial charge in [0.05, 0.1) is 12.7 Å². The van der Waals surface area contributed by atoms with Gasteiger partial charge in [0.1, 0.15) is 6.10 Å². The molecule has 1 heterocycles. The number of benzene rings is 1. The van der Waals surface area contributed by atoms with Gasteiger partial charge < -0.3 is 14.6 Å². The maximum absolute atomic E-state index is 9.52. The molecule has 0 amide bonds. The van der Waals surface area contributed by atoms with E-state index >= 15 is 0 Å². The molecule has 104 valence electrons. The molecule has 1 saturated carbocycles. The monoisotopic (exact) mass is 262 g/mol. The average molecular weight is 262 g/mol. The lowest BCUT2D eigenvalue weighted by Crippen LogP contribution is -2.33. The lowest BCUT2D eigenvalue weighted by atomic mass is 9.94. The minimum atomic E-state index is -0.412. The van der Waals surface area contributed by atoms with Gasteiger partial charge in [-0.05, 0) is 18.4 Å². The smallest absolute Gasteiger partial charge is 0.169 e. The normalized spacial score (nSPS) is 29.7. The quantitative estimate of drug-likeness (QED) is 0.910. The summed E-state index contributed by atoms with van der Waals surface area (Å²) < 4.78 is 12.3. The Morgan fingerprint density at radius 3 is 2.37 bits per heavy atom. The van der Waals surface area contributed by atoms with Gasteiger partial charge in [-0.3, -0.25) is 0 Å². The van der Waals surface area contributed by atoms with Crippen molar-refractivity contribution in [1.29, 1.82) is 0 Å². The Bertz CT molecular complexity index is 398. The number of aliphatic hydroxyl groups is 1. The van der Waals surface area contributed by atoms with Crippen molar-refractivity contribution in [3.8, 4) is 0 Å². The molecule has 1 aliphatic heterocycles. The molecule has 0 aromatic heterocycles. The Kier molecular flexibility index (Phi) is 3.87. The highest BCUT2D eigenvalue weighted by molar-refractivity contribution is 5.16. The molecule has 0 bridgehead atoms. The molecule has 0 radical (unpaired) electrons. The van der Waals surface area contributed by atoms with E-state index in [1.54, 1.807) is 0 Å². The highest BCUT2D eigenvalue weighted by Crippen LogP contribution is 2.41. The van der Waals surface area contributed by atoms with Crippen LogP contribution in [0.25, 0.3) is 0 Å². The molecule has 0 unspecified atom stereocenters. The molecule has 1 aliphatic carbocycles. The molecule has 2 fully saturated rings. The van der Waals surface area contributed by atoms with Gasteiger partial charge in [0.2, 0.25) is 0 Å². The summed E-state index contributed by atoms with van der Waals surface area (Å²) in [6, 6.07) is 10.3. The fourth-order valence-electron chi connectivity index (χ4n) is 3.23. The molecule has 2 atom stereocenters. The molecule has 1 saturated heterocycles. The standard InChI is InChI=1S/C16H22O3/c17-12-15-14(11-13-7-3-1-4-8-13)18-16(19-15)9-5-2-6-10-16/h1,3-4,7-8,14-15,17H,2,5-6,9-12H2/t14-,15-/m0/s1. The molecule has 1 spiro atoms. The second kappa shape index (κ2) is 5.61. The van der Waals surface area contributed by atoms with Crippen LogP contribution in [0.3, 0.4) is 0 Å². The van der Waals surface area contributed by atoms with Crippen LogP contribution in [0.2, 0.25) is 0 Å². The summed E-state index contributed by atoms with van der Waals surface area (Å²) in [5.74, 6) is -0.412. The van der Waals surface area contributed by atoms with Crippen LogP contribution in [0, 0.1) is 0 Å².